The predicted molar refractivity (Wildman–Crippen MR) is 79.3 cm³/mol. The van der Waals surface area contributed by atoms with E-state index in [1.165, 1.54) is 12.1 Å². The smallest absolute Gasteiger partial charge is 0.123 e. The average Bonchev–Trinajstić information content (AvgIpc) is 2.39. The molecule has 3 N–H and O–H groups in total. The molecule has 0 radical (unpaired) electrons. The Morgan fingerprint density at radius 2 is 2.05 bits per heavy atom. The van der Waals surface area contributed by atoms with Gasteiger partial charge < -0.3 is 0 Å². The maximum atomic E-state index is 13.3. The Kier molecular flexibility index (Phi) is 4.93. The fraction of sp³-hybridized carbons (Fsp3) is 0.143. The van der Waals surface area contributed by atoms with E-state index < -0.39 is 0 Å². The van der Waals surface area contributed by atoms with E-state index in [-0.39, 0.29) is 11.9 Å². The monoisotopic (exact) mass is 342 g/mol. The maximum absolute atomic E-state index is 13.3. The third-order valence-corrected chi connectivity index (χ3v) is 3.89. The lowest BCUT2D eigenvalue weighted by molar-refractivity contribution is 0.547. The van der Waals surface area contributed by atoms with E-state index >= 15 is 0 Å². The van der Waals surface area contributed by atoms with Crippen molar-refractivity contribution in [3.05, 3.63) is 68.9 Å². The number of nitrogens with two attached hydrogens (primary N) is 1. The first-order valence-electron chi connectivity index (χ1n) is 5.75. The third-order valence-electron chi connectivity index (χ3n) is 2.88. The molecule has 0 spiro atoms. The molecule has 2 aromatic carbocycles. The van der Waals surface area contributed by atoms with Gasteiger partial charge in [0.15, 0.2) is 0 Å². The minimum absolute atomic E-state index is 0.128. The summed E-state index contributed by atoms with van der Waals surface area (Å²) in [5.74, 6) is 5.32. The van der Waals surface area contributed by atoms with Crippen LogP contribution >= 0.6 is 27.5 Å². The van der Waals surface area contributed by atoms with Gasteiger partial charge in [0.25, 0.3) is 0 Å². The Hall–Kier alpha value is -0.940. The van der Waals surface area contributed by atoms with E-state index in [0.29, 0.717) is 11.4 Å². The summed E-state index contributed by atoms with van der Waals surface area (Å²) in [4.78, 5) is 0. The Bertz CT molecular complexity index is 577. The van der Waals surface area contributed by atoms with Crippen molar-refractivity contribution in [2.45, 2.75) is 12.5 Å². The zero-order chi connectivity index (χ0) is 13.8. The van der Waals surface area contributed by atoms with Crippen molar-refractivity contribution in [2.75, 3.05) is 0 Å². The second-order valence-electron chi connectivity index (χ2n) is 4.21. The van der Waals surface area contributed by atoms with Crippen molar-refractivity contribution < 1.29 is 4.39 Å². The fourth-order valence-electron chi connectivity index (χ4n) is 1.92. The molecule has 0 aliphatic carbocycles. The number of benzene rings is 2. The molecule has 0 fully saturated rings. The van der Waals surface area contributed by atoms with Crippen LogP contribution in [0.3, 0.4) is 0 Å². The quantitative estimate of drug-likeness (QED) is 0.651. The first-order chi connectivity index (χ1) is 9.10. The Morgan fingerprint density at radius 1 is 1.26 bits per heavy atom. The van der Waals surface area contributed by atoms with Gasteiger partial charge in [-0.25, -0.2) is 4.39 Å². The topological polar surface area (TPSA) is 38.0 Å². The summed E-state index contributed by atoms with van der Waals surface area (Å²) < 4.78 is 14.1. The van der Waals surface area contributed by atoms with Gasteiger partial charge in [-0.2, -0.15) is 0 Å². The minimum atomic E-state index is -0.264. The molecular formula is C14H13BrClFN2. The Labute approximate surface area is 124 Å². The molecule has 1 atom stereocenters. The van der Waals surface area contributed by atoms with Crippen molar-refractivity contribution in [3.8, 4) is 0 Å². The first-order valence-corrected chi connectivity index (χ1v) is 6.93. The van der Waals surface area contributed by atoms with Gasteiger partial charge in [0.2, 0.25) is 0 Å². The molecule has 1 unspecified atom stereocenters. The lowest BCUT2D eigenvalue weighted by Crippen LogP contribution is -2.29. The molecule has 0 bridgehead atoms. The molecule has 19 heavy (non-hydrogen) atoms. The largest absolute Gasteiger partial charge is 0.271 e. The van der Waals surface area contributed by atoms with Crippen molar-refractivity contribution in [1.82, 2.24) is 5.43 Å². The molecule has 2 rings (SSSR count). The van der Waals surface area contributed by atoms with Gasteiger partial charge in [0, 0.05) is 9.50 Å². The van der Waals surface area contributed by atoms with Crippen LogP contribution in [-0.2, 0) is 6.42 Å². The fourth-order valence-corrected chi connectivity index (χ4v) is 2.52. The van der Waals surface area contributed by atoms with Crippen LogP contribution in [0.15, 0.2) is 46.9 Å². The standard InChI is InChI=1S/C14H13BrClFN2/c15-13-5-4-12(17)7-10(13)8-14(19-18)9-2-1-3-11(16)6-9/h1-7,14,19H,8,18H2. The number of hydrazine groups is 1. The Balaban J connectivity index is 2.26. The zero-order valence-corrected chi connectivity index (χ0v) is 12.4. The van der Waals surface area contributed by atoms with Gasteiger partial charge in [-0.1, -0.05) is 39.7 Å². The summed E-state index contributed by atoms with van der Waals surface area (Å²) in [5.41, 5.74) is 4.55. The molecule has 0 aliphatic heterocycles. The van der Waals surface area contributed by atoms with Crippen LogP contribution in [0.25, 0.3) is 0 Å². The van der Waals surface area contributed by atoms with Gasteiger partial charge in [-0.3, -0.25) is 11.3 Å². The molecule has 0 saturated heterocycles. The summed E-state index contributed by atoms with van der Waals surface area (Å²) in [7, 11) is 0. The molecular weight excluding hydrogens is 331 g/mol. The van der Waals surface area contributed by atoms with Crippen LogP contribution in [0.4, 0.5) is 4.39 Å². The van der Waals surface area contributed by atoms with E-state index in [4.69, 9.17) is 17.4 Å². The second kappa shape index (κ2) is 6.48. The number of hydrogen-bond acceptors (Lipinski definition) is 2. The summed E-state index contributed by atoms with van der Waals surface area (Å²) in [6, 6.07) is 11.9. The van der Waals surface area contributed by atoms with Crippen LogP contribution in [0.1, 0.15) is 17.2 Å². The molecule has 100 valence electrons. The highest BCUT2D eigenvalue weighted by Gasteiger charge is 2.13. The lowest BCUT2D eigenvalue weighted by Gasteiger charge is -2.17. The Morgan fingerprint density at radius 3 is 2.74 bits per heavy atom. The highest BCUT2D eigenvalue weighted by Crippen LogP contribution is 2.25. The molecule has 0 aromatic heterocycles. The van der Waals surface area contributed by atoms with Crippen molar-refractivity contribution >= 4 is 27.5 Å². The van der Waals surface area contributed by atoms with E-state index in [2.05, 4.69) is 21.4 Å². The van der Waals surface area contributed by atoms with Crippen molar-refractivity contribution in [2.24, 2.45) is 5.84 Å². The number of hydrogen-bond donors (Lipinski definition) is 2. The molecule has 2 aromatic rings. The van der Waals surface area contributed by atoms with Crippen molar-refractivity contribution in [3.63, 3.8) is 0 Å². The number of nitrogens with one attached hydrogen (secondary N) is 1. The van der Waals surface area contributed by atoms with E-state index in [1.54, 1.807) is 12.1 Å². The maximum Gasteiger partial charge on any atom is 0.123 e. The van der Waals surface area contributed by atoms with Crippen molar-refractivity contribution in [1.29, 1.82) is 0 Å². The van der Waals surface area contributed by atoms with Crippen LogP contribution in [0.5, 0.6) is 0 Å². The van der Waals surface area contributed by atoms with Crippen LogP contribution < -0.4 is 11.3 Å². The van der Waals surface area contributed by atoms with E-state index in [0.717, 1.165) is 15.6 Å². The molecule has 2 nitrogen and oxygen atoms in total. The van der Waals surface area contributed by atoms with E-state index in [9.17, 15) is 4.39 Å². The summed E-state index contributed by atoms with van der Waals surface area (Å²) in [6.45, 7) is 0. The SMILES string of the molecule is NNC(Cc1cc(F)ccc1Br)c1cccc(Cl)c1. The normalized spacial score (nSPS) is 12.4. The van der Waals surface area contributed by atoms with Gasteiger partial charge in [-0.05, 0) is 47.9 Å². The van der Waals surface area contributed by atoms with Gasteiger partial charge in [-0.15, -0.1) is 0 Å². The van der Waals surface area contributed by atoms with Gasteiger partial charge in [0.1, 0.15) is 5.82 Å². The molecule has 5 heteroatoms. The first kappa shape index (κ1) is 14.5. The van der Waals surface area contributed by atoms with Crippen LogP contribution in [-0.4, -0.2) is 0 Å². The second-order valence-corrected chi connectivity index (χ2v) is 5.50. The van der Waals surface area contributed by atoms with Gasteiger partial charge >= 0.3 is 0 Å². The van der Waals surface area contributed by atoms with E-state index in [1.807, 2.05) is 18.2 Å². The highest BCUT2D eigenvalue weighted by molar-refractivity contribution is 9.10. The number of halogens is 3. The summed E-state index contributed by atoms with van der Waals surface area (Å²) >= 11 is 9.38. The molecule has 0 saturated carbocycles. The predicted octanol–water partition coefficient (Wildman–Crippen LogP) is 3.99. The minimum Gasteiger partial charge on any atom is -0.271 e. The lowest BCUT2D eigenvalue weighted by atomic mass is 9.99. The molecule has 0 heterocycles. The van der Waals surface area contributed by atoms with Crippen LogP contribution in [0.2, 0.25) is 5.02 Å². The average molecular weight is 344 g/mol. The third kappa shape index (κ3) is 3.76. The summed E-state index contributed by atoms with van der Waals surface area (Å²) in [5, 5.41) is 0.649. The number of rotatable bonds is 4. The molecule has 0 aliphatic rings. The summed E-state index contributed by atoms with van der Waals surface area (Å²) in [6.07, 6.45) is 0.565. The highest BCUT2D eigenvalue weighted by atomic mass is 79.9. The van der Waals surface area contributed by atoms with Crippen LogP contribution in [0, 0.1) is 5.82 Å². The zero-order valence-electron chi connectivity index (χ0n) is 10.0. The van der Waals surface area contributed by atoms with Gasteiger partial charge in [0.05, 0.1) is 6.04 Å². The molecule has 0 amide bonds.